The van der Waals surface area contributed by atoms with Crippen LogP contribution >= 0.6 is 0 Å². The molecule has 0 heterocycles. The normalized spacial score (nSPS) is 11.3. The van der Waals surface area contributed by atoms with E-state index >= 15 is 0 Å². The van der Waals surface area contributed by atoms with Crippen LogP contribution in [0.5, 0.6) is 5.75 Å². The Hall–Kier alpha value is -2.06. The third-order valence-corrected chi connectivity index (χ3v) is 1.82. The summed E-state index contributed by atoms with van der Waals surface area (Å²) in [4.78, 5) is 11.3. The van der Waals surface area contributed by atoms with Crippen molar-refractivity contribution in [3.8, 4) is 11.8 Å². The number of rotatable bonds is 4. The summed E-state index contributed by atoms with van der Waals surface area (Å²) < 4.78 is 5.09. The molecule has 5 nitrogen and oxygen atoms in total. The summed E-state index contributed by atoms with van der Waals surface area (Å²) in [5, 5.41) is 11.0. The molecule has 1 aromatic rings. The van der Waals surface area contributed by atoms with Gasteiger partial charge in [0.1, 0.15) is 11.8 Å². The molecule has 1 atom stereocenters. The number of nitrogens with zero attached hydrogens (tertiary/aromatic N) is 1. The minimum atomic E-state index is -0.566. The quantitative estimate of drug-likeness (QED) is 0.786. The number of ether oxygens (including phenoxy) is 1. The second kappa shape index (κ2) is 5.73. The van der Waals surface area contributed by atoms with E-state index in [0.29, 0.717) is 11.4 Å². The Balaban J connectivity index is 2.68. The molecule has 0 bridgehead atoms. The minimum absolute atomic E-state index is 0.0231. The monoisotopic (exact) mass is 219 g/mol. The highest BCUT2D eigenvalue weighted by molar-refractivity contribution is 5.94. The van der Waals surface area contributed by atoms with E-state index in [2.05, 4.69) is 5.32 Å². The number of amides is 1. The number of anilines is 1. The second-order valence-electron chi connectivity index (χ2n) is 3.25. The van der Waals surface area contributed by atoms with Gasteiger partial charge in [-0.3, -0.25) is 4.79 Å². The molecule has 0 saturated heterocycles. The number of nitrogens with two attached hydrogens (primary N) is 1. The van der Waals surface area contributed by atoms with Gasteiger partial charge < -0.3 is 15.8 Å². The van der Waals surface area contributed by atoms with E-state index in [9.17, 15) is 4.79 Å². The molecule has 0 spiro atoms. The van der Waals surface area contributed by atoms with Gasteiger partial charge >= 0.3 is 0 Å². The molecule has 1 rings (SSSR count). The summed E-state index contributed by atoms with van der Waals surface area (Å²) in [7, 11) is 0. The van der Waals surface area contributed by atoms with Gasteiger partial charge in [-0.05, 0) is 19.1 Å². The molecule has 0 aliphatic rings. The number of nitriles is 1. The van der Waals surface area contributed by atoms with E-state index in [1.165, 1.54) is 0 Å². The van der Waals surface area contributed by atoms with E-state index < -0.39 is 6.04 Å². The molecule has 0 radical (unpaired) electrons. The van der Waals surface area contributed by atoms with Crippen LogP contribution in [0.3, 0.4) is 0 Å². The molecule has 0 unspecified atom stereocenters. The number of hydrogen-bond donors (Lipinski definition) is 2. The Labute approximate surface area is 93.8 Å². The largest absolute Gasteiger partial charge is 0.479 e. The highest BCUT2D eigenvalue weighted by Gasteiger charge is 2.07. The van der Waals surface area contributed by atoms with Crippen LogP contribution in [-0.4, -0.2) is 18.6 Å². The van der Waals surface area contributed by atoms with E-state index in [1.807, 2.05) is 6.07 Å². The van der Waals surface area contributed by atoms with Gasteiger partial charge in [0.2, 0.25) is 5.91 Å². The van der Waals surface area contributed by atoms with Crippen molar-refractivity contribution < 1.29 is 9.53 Å². The predicted octanol–water partition coefficient (Wildman–Crippen LogP) is 0.875. The topological polar surface area (TPSA) is 88.1 Å². The first-order chi connectivity index (χ1) is 7.63. The number of carbonyl (C=O) groups is 1. The Morgan fingerprint density at radius 1 is 1.69 bits per heavy atom. The number of nitrogens with one attached hydrogen (secondary N) is 1. The number of benzene rings is 1. The summed E-state index contributed by atoms with van der Waals surface area (Å²) in [6, 6.07) is 8.09. The minimum Gasteiger partial charge on any atom is -0.479 e. The lowest BCUT2D eigenvalue weighted by Gasteiger charge is -2.09. The second-order valence-corrected chi connectivity index (χ2v) is 3.25. The molecule has 1 amide bonds. The molecule has 0 fully saturated rings. The van der Waals surface area contributed by atoms with E-state index in [4.69, 9.17) is 15.7 Å². The fraction of sp³-hybridized carbons (Fsp3) is 0.273. The first-order valence-electron chi connectivity index (χ1n) is 4.79. The van der Waals surface area contributed by atoms with Crippen molar-refractivity contribution in [3.05, 3.63) is 24.3 Å². The lowest BCUT2D eigenvalue weighted by Crippen LogP contribution is -2.32. The molecule has 0 aliphatic carbocycles. The van der Waals surface area contributed by atoms with Crippen LogP contribution in [0, 0.1) is 11.3 Å². The van der Waals surface area contributed by atoms with Gasteiger partial charge in [0, 0.05) is 11.8 Å². The van der Waals surface area contributed by atoms with Crippen molar-refractivity contribution in [2.45, 2.75) is 13.0 Å². The molecule has 1 aromatic carbocycles. The van der Waals surface area contributed by atoms with Crippen LogP contribution in [0.4, 0.5) is 5.69 Å². The molecule has 84 valence electrons. The molecule has 5 heteroatoms. The van der Waals surface area contributed by atoms with Crippen molar-refractivity contribution in [2.75, 3.05) is 11.9 Å². The Morgan fingerprint density at radius 3 is 3.06 bits per heavy atom. The summed E-state index contributed by atoms with van der Waals surface area (Å²) in [5.74, 6) is 0.265. The maximum absolute atomic E-state index is 11.3. The standard InChI is InChI=1S/C11H13N3O2/c1-8(13)11(15)14-9-3-2-4-10(7-9)16-6-5-12/h2-4,7-8H,6,13H2,1H3,(H,14,15)/t8-/m1/s1. The first-order valence-corrected chi connectivity index (χ1v) is 4.79. The van der Waals surface area contributed by atoms with Crippen molar-refractivity contribution in [3.63, 3.8) is 0 Å². The smallest absolute Gasteiger partial charge is 0.241 e. The maximum Gasteiger partial charge on any atom is 0.241 e. The van der Waals surface area contributed by atoms with Crippen LogP contribution in [0.1, 0.15) is 6.92 Å². The van der Waals surface area contributed by atoms with Crippen LogP contribution in [0.2, 0.25) is 0 Å². The van der Waals surface area contributed by atoms with Gasteiger partial charge in [0.15, 0.2) is 6.61 Å². The van der Waals surface area contributed by atoms with E-state index in [0.717, 1.165) is 0 Å². The SMILES string of the molecule is C[C@@H](N)C(=O)Nc1cccc(OCC#N)c1. The fourth-order valence-corrected chi connectivity index (χ4v) is 1.04. The van der Waals surface area contributed by atoms with Gasteiger partial charge in [0.05, 0.1) is 6.04 Å². The van der Waals surface area contributed by atoms with Crippen LogP contribution in [-0.2, 0) is 4.79 Å². The van der Waals surface area contributed by atoms with E-state index in [-0.39, 0.29) is 12.5 Å². The van der Waals surface area contributed by atoms with Gasteiger partial charge in [-0.15, -0.1) is 0 Å². The molecular weight excluding hydrogens is 206 g/mol. The van der Waals surface area contributed by atoms with Crippen LogP contribution in [0.25, 0.3) is 0 Å². The zero-order valence-electron chi connectivity index (χ0n) is 8.93. The van der Waals surface area contributed by atoms with Gasteiger partial charge in [-0.2, -0.15) is 5.26 Å². The zero-order chi connectivity index (χ0) is 12.0. The van der Waals surface area contributed by atoms with Crippen molar-refractivity contribution in [2.24, 2.45) is 5.73 Å². The molecule has 0 saturated carbocycles. The zero-order valence-corrected chi connectivity index (χ0v) is 8.93. The van der Waals surface area contributed by atoms with Crippen LogP contribution < -0.4 is 15.8 Å². The molecule has 0 aromatic heterocycles. The molecular formula is C11H13N3O2. The van der Waals surface area contributed by atoms with Gasteiger partial charge in [0.25, 0.3) is 0 Å². The summed E-state index contributed by atoms with van der Waals surface area (Å²) >= 11 is 0. The van der Waals surface area contributed by atoms with E-state index in [1.54, 1.807) is 31.2 Å². The summed E-state index contributed by atoms with van der Waals surface area (Å²) in [5.41, 5.74) is 6.01. The molecule has 0 aliphatic heterocycles. The predicted molar refractivity (Wildman–Crippen MR) is 59.8 cm³/mol. The van der Waals surface area contributed by atoms with Crippen LogP contribution in [0.15, 0.2) is 24.3 Å². The fourth-order valence-electron chi connectivity index (χ4n) is 1.04. The lowest BCUT2D eigenvalue weighted by molar-refractivity contribution is -0.117. The molecule has 3 N–H and O–H groups in total. The van der Waals surface area contributed by atoms with Gasteiger partial charge in [-0.25, -0.2) is 0 Å². The highest BCUT2D eigenvalue weighted by Crippen LogP contribution is 2.17. The number of hydrogen-bond acceptors (Lipinski definition) is 4. The van der Waals surface area contributed by atoms with Crippen molar-refractivity contribution in [1.29, 1.82) is 5.26 Å². The maximum atomic E-state index is 11.3. The lowest BCUT2D eigenvalue weighted by atomic mass is 10.2. The Bertz CT molecular complexity index is 410. The third kappa shape index (κ3) is 3.59. The summed E-state index contributed by atoms with van der Waals surface area (Å²) in [6.45, 7) is 1.58. The Morgan fingerprint density at radius 2 is 2.44 bits per heavy atom. The third-order valence-electron chi connectivity index (χ3n) is 1.82. The molecule has 16 heavy (non-hydrogen) atoms. The number of carbonyl (C=O) groups excluding carboxylic acids is 1. The first kappa shape index (κ1) is 12.0. The average molecular weight is 219 g/mol. The van der Waals surface area contributed by atoms with Gasteiger partial charge in [-0.1, -0.05) is 6.07 Å². The highest BCUT2D eigenvalue weighted by atomic mass is 16.5. The van der Waals surface area contributed by atoms with Crippen molar-refractivity contribution in [1.82, 2.24) is 0 Å². The summed E-state index contributed by atoms with van der Waals surface area (Å²) in [6.07, 6.45) is 0. The Kier molecular flexibility index (Phi) is 4.30. The average Bonchev–Trinajstić information content (AvgIpc) is 2.26. The van der Waals surface area contributed by atoms with Crippen molar-refractivity contribution >= 4 is 11.6 Å².